The van der Waals surface area contributed by atoms with Crippen LogP contribution in [-0.2, 0) is 12.4 Å². The fourth-order valence-corrected chi connectivity index (χ4v) is 2.76. The van der Waals surface area contributed by atoms with Crippen LogP contribution in [0.15, 0.2) is 24.3 Å². The summed E-state index contributed by atoms with van der Waals surface area (Å²) in [5.41, 5.74) is 2.85. The van der Waals surface area contributed by atoms with Crippen molar-refractivity contribution >= 4 is 34.8 Å². The first-order valence-electron chi connectivity index (χ1n) is 6.09. The molecule has 2 aromatic rings. The van der Waals surface area contributed by atoms with Crippen molar-refractivity contribution in [2.45, 2.75) is 32.2 Å². The monoisotopic (exact) mass is 316 g/mol. The van der Waals surface area contributed by atoms with E-state index in [1.165, 1.54) is 0 Å². The van der Waals surface area contributed by atoms with Gasteiger partial charge in [-0.2, -0.15) is 5.10 Å². The van der Waals surface area contributed by atoms with Gasteiger partial charge < -0.3 is 0 Å². The molecule has 5 heteroatoms. The van der Waals surface area contributed by atoms with Crippen LogP contribution in [0, 0.1) is 0 Å². The summed E-state index contributed by atoms with van der Waals surface area (Å²) in [6.45, 7) is 4.71. The maximum Gasteiger partial charge on any atom is 0.132 e. The first kappa shape index (κ1) is 14.7. The van der Waals surface area contributed by atoms with Crippen LogP contribution in [0.3, 0.4) is 0 Å². The summed E-state index contributed by atoms with van der Waals surface area (Å²) in [6.07, 6.45) is 0. The van der Waals surface area contributed by atoms with Crippen molar-refractivity contribution in [1.82, 2.24) is 9.78 Å². The highest BCUT2D eigenvalue weighted by Crippen LogP contribution is 2.28. The third kappa shape index (κ3) is 3.07. The second-order valence-electron chi connectivity index (χ2n) is 4.69. The van der Waals surface area contributed by atoms with Gasteiger partial charge in [-0.05, 0) is 17.5 Å². The van der Waals surface area contributed by atoms with Gasteiger partial charge in [0.1, 0.15) is 5.15 Å². The summed E-state index contributed by atoms with van der Waals surface area (Å²) in [5.74, 6) is 0.660. The molecule has 0 atom stereocenters. The predicted octanol–water partition coefficient (Wildman–Crippen LogP) is 5.10. The molecule has 0 N–H and O–H groups in total. The van der Waals surface area contributed by atoms with Crippen LogP contribution < -0.4 is 0 Å². The van der Waals surface area contributed by atoms with Crippen molar-refractivity contribution in [2.75, 3.05) is 0 Å². The fourth-order valence-electron chi connectivity index (χ4n) is 1.98. The zero-order valence-electron chi connectivity index (χ0n) is 10.8. The minimum atomic E-state index is 0.291. The summed E-state index contributed by atoms with van der Waals surface area (Å²) >= 11 is 18.5. The van der Waals surface area contributed by atoms with Crippen LogP contribution in [0.5, 0.6) is 0 Å². The molecule has 0 saturated heterocycles. The molecule has 0 spiro atoms. The van der Waals surface area contributed by atoms with Gasteiger partial charge in [0.25, 0.3) is 0 Å². The van der Waals surface area contributed by atoms with Gasteiger partial charge in [0.05, 0.1) is 18.1 Å². The first-order valence-corrected chi connectivity index (χ1v) is 7.38. The lowest BCUT2D eigenvalue weighted by Crippen LogP contribution is -2.03. The number of hydrogen-bond donors (Lipinski definition) is 0. The highest BCUT2D eigenvalue weighted by molar-refractivity contribution is 6.32. The van der Waals surface area contributed by atoms with E-state index in [-0.39, 0.29) is 0 Å². The Morgan fingerprint density at radius 1 is 1.21 bits per heavy atom. The highest BCUT2D eigenvalue weighted by Gasteiger charge is 2.18. The minimum Gasteiger partial charge on any atom is -0.249 e. The molecule has 2 nitrogen and oxygen atoms in total. The molecule has 1 heterocycles. The van der Waals surface area contributed by atoms with Crippen molar-refractivity contribution in [2.24, 2.45) is 0 Å². The van der Waals surface area contributed by atoms with Crippen molar-refractivity contribution < 1.29 is 0 Å². The van der Waals surface area contributed by atoms with E-state index < -0.39 is 0 Å². The Balaban J connectivity index is 2.39. The molecule has 0 aliphatic rings. The van der Waals surface area contributed by atoms with E-state index in [2.05, 4.69) is 18.9 Å². The van der Waals surface area contributed by atoms with Crippen LogP contribution >= 0.6 is 34.8 Å². The average molecular weight is 318 g/mol. The van der Waals surface area contributed by atoms with Gasteiger partial charge in [0, 0.05) is 10.6 Å². The highest BCUT2D eigenvalue weighted by atomic mass is 35.5. The largest absolute Gasteiger partial charge is 0.249 e. The lowest BCUT2D eigenvalue weighted by molar-refractivity contribution is 0.658. The van der Waals surface area contributed by atoms with Crippen molar-refractivity contribution in [1.29, 1.82) is 0 Å². The molecule has 19 heavy (non-hydrogen) atoms. The van der Waals surface area contributed by atoms with Crippen LogP contribution in [0.4, 0.5) is 0 Å². The molecule has 0 radical (unpaired) electrons. The summed E-state index contributed by atoms with van der Waals surface area (Å²) in [6, 6.07) is 7.68. The van der Waals surface area contributed by atoms with Crippen molar-refractivity contribution in [3.8, 4) is 0 Å². The molecule has 2 rings (SSSR count). The van der Waals surface area contributed by atoms with E-state index in [4.69, 9.17) is 34.8 Å². The van der Waals surface area contributed by atoms with E-state index in [1.807, 2.05) is 24.3 Å². The molecular formula is C14H15Cl3N2. The van der Waals surface area contributed by atoms with Gasteiger partial charge >= 0.3 is 0 Å². The number of aromatic nitrogens is 2. The Kier molecular flexibility index (Phi) is 4.77. The molecule has 0 aliphatic heterocycles. The Morgan fingerprint density at radius 3 is 2.42 bits per heavy atom. The maximum absolute atomic E-state index is 6.35. The maximum atomic E-state index is 6.35. The number of halogens is 3. The summed E-state index contributed by atoms with van der Waals surface area (Å²) in [7, 11) is 0. The third-order valence-corrected chi connectivity index (χ3v) is 4.03. The molecule has 102 valence electrons. The van der Waals surface area contributed by atoms with E-state index in [9.17, 15) is 0 Å². The summed E-state index contributed by atoms with van der Waals surface area (Å²) < 4.78 is 1.76. The Hall–Kier alpha value is -0.700. The number of alkyl halides is 1. The Bertz CT molecular complexity index is 576. The predicted molar refractivity (Wildman–Crippen MR) is 81.4 cm³/mol. The fraction of sp³-hybridized carbons (Fsp3) is 0.357. The lowest BCUT2D eigenvalue weighted by atomic mass is 10.1. The zero-order chi connectivity index (χ0) is 14.0. The topological polar surface area (TPSA) is 17.8 Å². The van der Waals surface area contributed by atoms with Gasteiger partial charge in [-0.3, -0.25) is 0 Å². The normalized spacial score (nSPS) is 11.3. The van der Waals surface area contributed by atoms with E-state index in [0.29, 0.717) is 28.5 Å². The number of nitrogens with zero attached hydrogens (tertiary/aromatic N) is 2. The molecule has 0 amide bonds. The molecule has 0 fully saturated rings. The first-order chi connectivity index (χ1) is 9.04. The van der Waals surface area contributed by atoms with Crippen LogP contribution in [-0.4, -0.2) is 9.78 Å². The van der Waals surface area contributed by atoms with Gasteiger partial charge in [0.2, 0.25) is 0 Å². The van der Waals surface area contributed by atoms with Crippen LogP contribution in [0.25, 0.3) is 0 Å². The van der Waals surface area contributed by atoms with E-state index in [0.717, 1.165) is 16.8 Å². The molecule has 0 unspecified atom stereocenters. The zero-order valence-corrected chi connectivity index (χ0v) is 13.1. The average Bonchev–Trinajstić information content (AvgIpc) is 2.69. The molecule has 1 aromatic heterocycles. The number of rotatable bonds is 4. The molecule has 1 aromatic carbocycles. The van der Waals surface area contributed by atoms with Crippen LogP contribution in [0.1, 0.15) is 36.6 Å². The van der Waals surface area contributed by atoms with E-state index >= 15 is 0 Å². The van der Waals surface area contributed by atoms with Crippen molar-refractivity contribution in [3.63, 3.8) is 0 Å². The second kappa shape index (κ2) is 6.17. The van der Waals surface area contributed by atoms with Crippen LogP contribution in [0.2, 0.25) is 10.2 Å². The Labute approximate surface area is 128 Å². The third-order valence-electron chi connectivity index (χ3n) is 2.97. The van der Waals surface area contributed by atoms with Crippen molar-refractivity contribution in [3.05, 3.63) is 51.3 Å². The molecular weight excluding hydrogens is 303 g/mol. The summed E-state index contributed by atoms with van der Waals surface area (Å²) in [5, 5.41) is 5.87. The number of hydrogen-bond acceptors (Lipinski definition) is 1. The van der Waals surface area contributed by atoms with Gasteiger partial charge in [-0.1, -0.05) is 55.2 Å². The van der Waals surface area contributed by atoms with Gasteiger partial charge in [-0.15, -0.1) is 11.6 Å². The molecule has 0 bridgehead atoms. The van der Waals surface area contributed by atoms with E-state index in [1.54, 1.807) is 4.68 Å². The smallest absolute Gasteiger partial charge is 0.132 e. The SMILES string of the molecule is CC(C)c1nn(Cc2ccccc2Cl)c(Cl)c1CCl. The van der Waals surface area contributed by atoms with Gasteiger partial charge in [0.15, 0.2) is 0 Å². The summed E-state index contributed by atoms with van der Waals surface area (Å²) in [4.78, 5) is 0. The standard InChI is InChI=1S/C14H15Cl3N2/c1-9(2)13-11(7-15)14(17)19(18-13)8-10-5-3-4-6-12(10)16/h3-6,9H,7-8H2,1-2H3. The quantitative estimate of drug-likeness (QED) is 0.717. The second-order valence-corrected chi connectivity index (χ2v) is 5.72. The molecule has 0 saturated carbocycles. The minimum absolute atomic E-state index is 0.291. The number of benzene rings is 1. The molecule has 0 aliphatic carbocycles. The lowest BCUT2D eigenvalue weighted by Gasteiger charge is -2.05. The van der Waals surface area contributed by atoms with Gasteiger partial charge in [-0.25, -0.2) is 4.68 Å². The Morgan fingerprint density at radius 2 is 1.89 bits per heavy atom.